The molecule has 3 heteroatoms. The highest BCUT2D eigenvalue weighted by Crippen LogP contribution is 2.51. The molecular formula is C17H11NS2. The van der Waals surface area contributed by atoms with Crippen molar-refractivity contribution in [2.24, 2.45) is 0 Å². The van der Waals surface area contributed by atoms with E-state index >= 15 is 0 Å². The van der Waals surface area contributed by atoms with Crippen molar-refractivity contribution in [1.29, 1.82) is 5.26 Å². The monoisotopic (exact) mass is 293 g/mol. The van der Waals surface area contributed by atoms with Crippen LogP contribution in [0.25, 0.3) is 10.5 Å². The number of thioether (sulfide) groups is 2. The van der Waals surface area contributed by atoms with Gasteiger partial charge in [-0.2, -0.15) is 5.26 Å². The lowest BCUT2D eigenvalue weighted by atomic mass is 10.1. The van der Waals surface area contributed by atoms with Gasteiger partial charge in [-0.05, 0) is 16.5 Å². The lowest BCUT2D eigenvalue weighted by Gasteiger charge is -2.04. The Balaban J connectivity index is 1.91. The van der Waals surface area contributed by atoms with E-state index in [9.17, 15) is 5.26 Å². The standard InChI is InChI=1S/C17H11NS2/c18-11-15(13-7-3-1-4-8-13)17-19-12-16(20-17)14-9-5-2-6-10-14/h1-10,12H/b17-15+. The number of hydrogen-bond acceptors (Lipinski definition) is 3. The van der Waals surface area contributed by atoms with E-state index in [1.807, 2.05) is 48.5 Å². The fourth-order valence-corrected chi connectivity index (χ4v) is 4.22. The van der Waals surface area contributed by atoms with Crippen molar-refractivity contribution in [3.05, 3.63) is 81.4 Å². The molecule has 96 valence electrons. The van der Waals surface area contributed by atoms with Gasteiger partial charge in [0.05, 0.1) is 9.81 Å². The first kappa shape index (κ1) is 13.1. The van der Waals surface area contributed by atoms with Crippen molar-refractivity contribution in [3.8, 4) is 6.07 Å². The summed E-state index contributed by atoms with van der Waals surface area (Å²) in [7, 11) is 0. The average molecular weight is 293 g/mol. The zero-order valence-corrected chi connectivity index (χ0v) is 12.2. The third-order valence-corrected chi connectivity index (χ3v) is 5.33. The van der Waals surface area contributed by atoms with Crippen LogP contribution >= 0.6 is 23.5 Å². The smallest absolute Gasteiger partial charge is 0.102 e. The molecule has 1 nitrogen and oxygen atoms in total. The fraction of sp³-hybridized carbons (Fsp3) is 0. The number of benzene rings is 2. The van der Waals surface area contributed by atoms with Gasteiger partial charge in [-0.25, -0.2) is 0 Å². The highest BCUT2D eigenvalue weighted by Gasteiger charge is 2.18. The second-order valence-electron chi connectivity index (χ2n) is 4.21. The predicted molar refractivity (Wildman–Crippen MR) is 88.6 cm³/mol. The second kappa shape index (κ2) is 6.04. The van der Waals surface area contributed by atoms with Gasteiger partial charge in [0.25, 0.3) is 0 Å². The Kier molecular flexibility index (Phi) is 3.96. The summed E-state index contributed by atoms with van der Waals surface area (Å²) in [6.07, 6.45) is 0. The molecule has 0 spiro atoms. The Labute approximate surface area is 127 Å². The Hall–Kier alpha value is -1.89. The molecule has 2 aromatic rings. The number of rotatable bonds is 2. The first-order chi connectivity index (χ1) is 9.88. The fourth-order valence-electron chi connectivity index (χ4n) is 1.93. The second-order valence-corrected chi connectivity index (χ2v) is 6.40. The maximum absolute atomic E-state index is 9.44. The van der Waals surface area contributed by atoms with E-state index in [2.05, 4.69) is 23.6 Å². The molecule has 1 aliphatic rings. The topological polar surface area (TPSA) is 23.8 Å². The summed E-state index contributed by atoms with van der Waals surface area (Å²) >= 11 is 3.30. The van der Waals surface area contributed by atoms with Gasteiger partial charge < -0.3 is 0 Å². The summed E-state index contributed by atoms with van der Waals surface area (Å²) < 4.78 is 1.05. The van der Waals surface area contributed by atoms with Crippen LogP contribution in [0.2, 0.25) is 0 Å². The van der Waals surface area contributed by atoms with Crippen molar-refractivity contribution in [2.45, 2.75) is 0 Å². The molecule has 0 saturated carbocycles. The third-order valence-electron chi connectivity index (χ3n) is 2.91. The molecule has 0 N–H and O–H groups in total. The van der Waals surface area contributed by atoms with Crippen LogP contribution in [0, 0.1) is 11.3 Å². The van der Waals surface area contributed by atoms with Crippen LogP contribution in [0.1, 0.15) is 11.1 Å². The molecule has 2 aromatic carbocycles. The summed E-state index contributed by atoms with van der Waals surface area (Å²) in [5, 5.41) is 11.6. The van der Waals surface area contributed by atoms with E-state index in [4.69, 9.17) is 0 Å². The molecule has 1 heterocycles. The summed E-state index contributed by atoms with van der Waals surface area (Å²) in [5.74, 6) is 0. The van der Waals surface area contributed by atoms with Crippen LogP contribution in [0.4, 0.5) is 0 Å². The minimum atomic E-state index is 0.753. The highest BCUT2D eigenvalue weighted by atomic mass is 32.2. The zero-order valence-electron chi connectivity index (χ0n) is 10.6. The zero-order chi connectivity index (χ0) is 13.8. The predicted octanol–water partition coefficient (Wildman–Crippen LogP) is 5.36. The van der Waals surface area contributed by atoms with Gasteiger partial charge >= 0.3 is 0 Å². The molecule has 0 amide bonds. The van der Waals surface area contributed by atoms with Crippen LogP contribution < -0.4 is 0 Å². The van der Waals surface area contributed by atoms with Crippen LogP contribution in [-0.4, -0.2) is 0 Å². The Morgan fingerprint density at radius 2 is 1.55 bits per heavy atom. The van der Waals surface area contributed by atoms with Crippen molar-refractivity contribution < 1.29 is 0 Å². The normalized spacial score (nSPS) is 16.4. The van der Waals surface area contributed by atoms with Gasteiger partial charge in [0, 0.05) is 4.91 Å². The maximum atomic E-state index is 9.44. The van der Waals surface area contributed by atoms with Gasteiger partial charge in [0.1, 0.15) is 6.07 Å². The molecule has 3 rings (SSSR count). The highest BCUT2D eigenvalue weighted by molar-refractivity contribution is 8.31. The van der Waals surface area contributed by atoms with Crippen molar-refractivity contribution in [3.63, 3.8) is 0 Å². The molecule has 1 aliphatic heterocycles. The largest absolute Gasteiger partial charge is 0.192 e. The summed E-state index contributed by atoms with van der Waals surface area (Å²) in [6.45, 7) is 0. The summed E-state index contributed by atoms with van der Waals surface area (Å²) in [4.78, 5) is 1.20. The maximum Gasteiger partial charge on any atom is 0.102 e. The van der Waals surface area contributed by atoms with Crippen molar-refractivity contribution in [1.82, 2.24) is 0 Å². The number of allylic oxidation sites excluding steroid dienone is 1. The Morgan fingerprint density at radius 3 is 2.20 bits per heavy atom. The SMILES string of the molecule is N#C/C(=C1/SC=C(c2ccccc2)S1)c1ccccc1. The van der Waals surface area contributed by atoms with Gasteiger partial charge in [0.15, 0.2) is 0 Å². The Morgan fingerprint density at radius 1 is 0.900 bits per heavy atom. The van der Waals surface area contributed by atoms with Crippen molar-refractivity contribution in [2.75, 3.05) is 0 Å². The molecule has 0 aliphatic carbocycles. The van der Waals surface area contributed by atoms with Gasteiger partial charge in [-0.15, -0.1) is 0 Å². The van der Waals surface area contributed by atoms with Gasteiger partial charge in [-0.1, -0.05) is 84.2 Å². The van der Waals surface area contributed by atoms with E-state index < -0.39 is 0 Å². The molecular weight excluding hydrogens is 282 g/mol. The summed E-state index contributed by atoms with van der Waals surface area (Å²) in [5.41, 5.74) is 2.93. The van der Waals surface area contributed by atoms with E-state index in [0.717, 1.165) is 15.4 Å². The molecule has 0 saturated heterocycles. The van der Waals surface area contributed by atoms with Crippen LogP contribution in [-0.2, 0) is 0 Å². The van der Waals surface area contributed by atoms with E-state index in [1.165, 1.54) is 10.5 Å². The minimum absolute atomic E-state index is 0.753. The van der Waals surface area contributed by atoms with Gasteiger partial charge in [0.2, 0.25) is 0 Å². The van der Waals surface area contributed by atoms with Crippen molar-refractivity contribution >= 4 is 34.0 Å². The van der Waals surface area contributed by atoms with Crippen LogP contribution in [0.5, 0.6) is 0 Å². The lowest BCUT2D eigenvalue weighted by Crippen LogP contribution is -1.82. The van der Waals surface area contributed by atoms with Crippen LogP contribution in [0.3, 0.4) is 0 Å². The molecule has 0 atom stereocenters. The molecule has 0 bridgehead atoms. The van der Waals surface area contributed by atoms with E-state index in [-0.39, 0.29) is 0 Å². The first-order valence-corrected chi connectivity index (χ1v) is 7.88. The number of nitriles is 1. The third kappa shape index (κ3) is 2.67. The van der Waals surface area contributed by atoms with Crippen LogP contribution in [0.15, 0.2) is 70.3 Å². The van der Waals surface area contributed by atoms with E-state index in [0.29, 0.717) is 0 Å². The first-order valence-electron chi connectivity index (χ1n) is 6.18. The average Bonchev–Trinajstić information content (AvgIpc) is 3.00. The minimum Gasteiger partial charge on any atom is -0.192 e. The molecule has 20 heavy (non-hydrogen) atoms. The molecule has 0 radical (unpaired) electrons. The molecule has 0 unspecified atom stereocenters. The quantitative estimate of drug-likeness (QED) is 0.697. The number of hydrogen-bond donors (Lipinski definition) is 0. The number of nitrogens with zero attached hydrogens (tertiary/aromatic N) is 1. The Bertz CT molecular complexity index is 710. The van der Waals surface area contributed by atoms with E-state index in [1.54, 1.807) is 23.5 Å². The van der Waals surface area contributed by atoms with Gasteiger partial charge in [-0.3, -0.25) is 0 Å². The molecule has 0 aromatic heterocycles. The lowest BCUT2D eigenvalue weighted by molar-refractivity contribution is 1.52. The summed E-state index contributed by atoms with van der Waals surface area (Å²) in [6, 6.07) is 22.4. The molecule has 0 fully saturated rings.